The first-order chi connectivity index (χ1) is 8.46. The molecule has 0 aliphatic heterocycles. The first-order valence-corrected chi connectivity index (χ1v) is 4.87. The van der Waals surface area contributed by atoms with Crippen LogP contribution in [0, 0.1) is 0 Å². The summed E-state index contributed by atoms with van der Waals surface area (Å²) in [7, 11) is 0. The third-order valence-corrected chi connectivity index (χ3v) is 2.10. The van der Waals surface area contributed by atoms with Gasteiger partial charge in [-0.3, -0.25) is 0 Å². The van der Waals surface area contributed by atoms with Gasteiger partial charge in [0, 0.05) is 5.56 Å². The Morgan fingerprint density at radius 3 is 2.33 bits per heavy atom. The van der Waals surface area contributed by atoms with Gasteiger partial charge in [-0.2, -0.15) is 0 Å². The molecule has 1 aromatic carbocycles. The number of alkyl halides is 3. The highest BCUT2D eigenvalue weighted by Gasteiger charge is 2.30. The molecule has 0 saturated heterocycles. The van der Waals surface area contributed by atoms with Crippen LogP contribution in [0.25, 0.3) is 11.3 Å². The van der Waals surface area contributed by atoms with Crippen molar-refractivity contribution >= 4 is 5.69 Å². The van der Waals surface area contributed by atoms with E-state index in [2.05, 4.69) is 14.7 Å². The monoisotopic (exact) mass is 255 g/mol. The molecule has 0 bridgehead atoms. The molecule has 0 aliphatic carbocycles. The zero-order chi connectivity index (χ0) is 13.2. The number of halogens is 3. The number of benzene rings is 1. The molecule has 2 N–H and O–H groups in total. The molecule has 1 aromatic heterocycles. The van der Waals surface area contributed by atoms with Crippen LogP contribution in [-0.4, -0.2) is 16.3 Å². The lowest BCUT2D eigenvalue weighted by Gasteiger charge is -2.09. The Bertz CT molecular complexity index is 540. The molecule has 0 spiro atoms. The number of nitrogens with two attached hydrogens (primary N) is 1. The second-order valence-electron chi connectivity index (χ2n) is 3.40. The minimum Gasteiger partial charge on any atom is -0.406 e. The van der Waals surface area contributed by atoms with E-state index < -0.39 is 6.36 Å². The average Bonchev–Trinajstić information content (AvgIpc) is 2.29. The van der Waals surface area contributed by atoms with E-state index in [1.54, 1.807) is 0 Å². The van der Waals surface area contributed by atoms with Crippen LogP contribution >= 0.6 is 0 Å². The average molecular weight is 255 g/mol. The normalized spacial score (nSPS) is 11.3. The Labute approximate surface area is 100 Å². The van der Waals surface area contributed by atoms with Crippen molar-refractivity contribution in [2.45, 2.75) is 6.36 Å². The Kier molecular flexibility index (Phi) is 3.05. The minimum absolute atomic E-state index is 0.293. The van der Waals surface area contributed by atoms with Crippen LogP contribution in [0.4, 0.5) is 18.9 Å². The zero-order valence-corrected chi connectivity index (χ0v) is 8.98. The topological polar surface area (TPSA) is 61.0 Å². The van der Waals surface area contributed by atoms with Gasteiger partial charge in [0.2, 0.25) is 0 Å². The quantitative estimate of drug-likeness (QED) is 0.896. The fourth-order valence-electron chi connectivity index (χ4n) is 1.40. The second kappa shape index (κ2) is 4.52. The molecule has 0 atom stereocenters. The number of ether oxygens (including phenoxy) is 1. The number of hydrogen-bond donors (Lipinski definition) is 1. The van der Waals surface area contributed by atoms with Crippen molar-refractivity contribution in [3.8, 4) is 17.0 Å². The van der Waals surface area contributed by atoms with Crippen LogP contribution in [0.2, 0.25) is 0 Å². The maximum absolute atomic E-state index is 12.0. The highest BCUT2D eigenvalue weighted by atomic mass is 19.4. The molecule has 0 aliphatic rings. The van der Waals surface area contributed by atoms with Gasteiger partial charge in [0.05, 0.1) is 17.6 Å². The lowest BCUT2D eigenvalue weighted by Crippen LogP contribution is -2.16. The third kappa shape index (κ3) is 2.88. The van der Waals surface area contributed by atoms with E-state index in [9.17, 15) is 13.2 Å². The van der Waals surface area contributed by atoms with E-state index in [0.717, 1.165) is 0 Å². The van der Waals surface area contributed by atoms with Gasteiger partial charge in [0.1, 0.15) is 12.1 Å². The van der Waals surface area contributed by atoms with Crippen molar-refractivity contribution in [3.05, 3.63) is 36.8 Å². The molecule has 7 heteroatoms. The van der Waals surface area contributed by atoms with E-state index in [0.29, 0.717) is 16.9 Å². The molecule has 2 rings (SSSR count). The first kappa shape index (κ1) is 12.2. The Balaban J connectivity index is 2.26. The van der Waals surface area contributed by atoms with Crippen molar-refractivity contribution < 1.29 is 17.9 Å². The van der Waals surface area contributed by atoms with E-state index in [4.69, 9.17) is 5.73 Å². The van der Waals surface area contributed by atoms with Crippen LogP contribution in [0.15, 0.2) is 36.8 Å². The number of anilines is 1. The third-order valence-electron chi connectivity index (χ3n) is 2.10. The summed E-state index contributed by atoms with van der Waals surface area (Å²) in [6.45, 7) is 0. The van der Waals surface area contributed by atoms with E-state index >= 15 is 0 Å². The van der Waals surface area contributed by atoms with Crippen molar-refractivity contribution in [3.63, 3.8) is 0 Å². The molecular weight excluding hydrogens is 247 g/mol. The summed E-state index contributed by atoms with van der Waals surface area (Å²) in [6, 6.07) is 5.29. The van der Waals surface area contributed by atoms with Gasteiger partial charge in [-0.15, -0.1) is 13.2 Å². The fourth-order valence-corrected chi connectivity index (χ4v) is 1.40. The van der Waals surface area contributed by atoms with Gasteiger partial charge in [-0.1, -0.05) is 0 Å². The maximum Gasteiger partial charge on any atom is 0.573 e. The maximum atomic E-state index is 12.0. The van der Waals surface area contributed by atoms with Crippen LogP contribution in [0.1, 0.15) is 0 Å². The van der Waals surface area contributed by atoms with Gasteiger partial charge in [0.15, 0.2) is 0 Å². The summed E-state index contributed by atoms with van der Waals surface area (Å²) in [5.41, 5.74) is 7.05. The minimum atomic E-state index is -4.70. The van der Waals surface area contributed by atoms with Crippen molar-refractivity contribution in [1.29, 1.82) is 0 Å². The fraction of sp³-hybridized carbons (Fsp3) is 0.0909. The standard InChI is InChI=1S/C11H8F3N3O/c12-11(13,14)18-8-3-1-7(2-4-8)10-9(15)5-16-6-17-10/h1-6H,15H2. The van der Waals surface area contributed by atoms with Crippen LogP contribution in [0.3, 0.4) is 0 Å². The summed E-state index contributed by atoms with van der Waals surface area (Å²) < 4.78 is 39.7. The SMILES string of the molecule is Nc1cncnc1-c1ccc(OC(F)(F)F)cc1. The smallest absolute Gasteiger partial charge is 0.406 e. The van der Waals surface area contributed by atoms with Gasteiger partial charge < -0.3 is 10.5 Å². The van der Waals surface area contributed by atoms with Crippen molar-refractivity contribution in [2.75, 3.05) is 5.73 Å². The molecular formula is C11H8F3N3O. The molecule has 0 amide bonds. The lowest BCUT2D eigenvalue weighted by atomic mass is 10.1. The Morgan fingerprint density at radius 2 is 1.78 bits per heavy atom. The number of aromatic nitrogens is 2. The van der Waals surface area contributed by atoms with E-state index in [1.807, 2.05) is 0 Å². The van der Waals surface area contributed by atoms with Gasteiger partial charge in [-0.25, -0.2) is 9.97 Å². The molecule has 4 nitrogen and oxygen atoms in total. The summed E-state index contributed by atoms with van der Waals surface area (Å²) in [4.78, 5) is 7.68. The predicted molar refractivity (Wildman–Crippen MR) is 58.6 cm³/mol. The summed E-state index contributed by atoms with van der Waals surface area (Å²) >= 11 is 0. The molecule has 2 aromatic rings. The van der Waals surface area contributed by atoms with Gasteiger partial charge in [-0.05, 0) is 24.3 Å². The number of nitrogen functional groups attached to an aromatic ring is 1. The van der Waals surface area contributed by atoms with Crippen molar-refractivity contribution in [2.24, 2.45) is 0 Å². The molecule has 0 fully saturated rings. The molecule has 94 valence electrons. The molecule has 0 unspecified atom stereocenters. The highest BCUT2D eigenvalue weighted by molar-refractivity contribution is 5.71. The number of nitrogens with zero attached hydrogens (tertiary/aromatic N) is 2. The number of rotatable bonds is 2. The predicted octanol–water partition coefficient (Wildman–Crippen LogP) is 2.62. The summed E-state index contributed by atoms with van der Waals surface area (Å²) in [5, 5.41) is 0. The van der Waals surface area contributed by atoms with E-state index in [-0.39, 0.29) is 5.75 Å². The van der Waals surface area contributed by atoms with E-state index in [1.165, 1.54) is 36.8 Å². The first-order valence-electron chi connectivity index (χ1n) is 4.87. The molecule has 1 heterocycles. The van der Waals surface area contributed by atoms with Crippen LogP contribution in [-0.2, 0) is 0 Å². The largest absolute Gasteiger partial charge is 0.573 e. The highest BCUT2D eigenvalue weighted by Crippen LogP contribution is 2.27. The van der Waals surface area contributed by atoms with Crippen LogP contribution in [0.5, 0.6) is 5.75 Å². The van der Waals surface area contributed by atoms with Crippen LogP contribution < -0.4 is 10.5 Å². The van der Waals surface area contributed by atoms with Gasteiger partial charge in [0.25, 0.3) is 0 Å². The van der Waals surface area contributed by atoms with Gasteiger partial charge >= 0.3 is 6.36 Å². The second-order valence-corrected chi connectivity index (χ2v) is 3.40. The molecule has 0 saturated carbocycles. The Morgan fingerprint density at radius 1 is 1.11 bits per heavy atom. The van der Waals surface area contributed by atoms with Crippen molar-refractivity contribution in [1.82, 2.24) is 9.97 Å². The summed E-state index contributed by atoms with van der Waals surface area (Å²) in [5.74, 6) is -0.293. The summed E-state index contributed by atoms with van der Waals surface area (Å²) in [6.07, 6.45) is -1.97. The number of hydrogen-bond acceptors (Lipinski definition) is 4. The lowest BCUT2D eigenvalue weighted by molar-refractivity contribution is -0.274. The molecule has 0 radical (unpaired) electrons. The Hall–Kier alpha value is -2.31. The molecule has 18 heavy (non-hydrogen) atoms. The zero-order valence-electron chi connectivity index (χ0n) is 8.98.